The number of carbonyl (C=O) groups excluding carboxylic acids is 1. The van der Waals surface area contributed by atoms with Gasteiger partial charge in [-0.25, -0.2) is 20.6 Å². The molecule has 0 radical (unpaired) electrons. The first-order valence-electron chi connectivity index (χ1n) is 11.6. The highest BCUT2D eigenvalue weighted by atomic mass is 19.4. The number of rotatable bonds is 3. The average molecular weight is 536 g/mol. The van der Waals surface area contributed by atoms with E-state index in [9.17, 15) is 31.1 Å². The molecule has 13 heteroatoms. The minimum Gasteiger partial charge on any atom is -0.372 e. The van der Waals surface area contributed by atoms with Crippen LogP contribution in [0.4, 0.5) is 48.3 Å². The van der Waals surface area contributed by atoms with Crippen molar-refractivity contribution in [2.75, 3.05) is 35.3 Å². The molecule has 2 aliphatic heterocycles. The number of urea groups is 1. The molecule has 2 aromatic carbocycles. The van der Waals surface area contributed by atoms with Crippen LogP contribution in [0.25, 0.3) is 11.3 Å². The topological polar surface area (TPSA) is 92.3 Å². The maximum atomic E-state index is 13.5. The highest BCUT2D eigenvalue weighted by molar-refractivity contribution is 6.03. The van der Waals surface area contributed by atoms with Crippen molar-refractivity contribution in [3.63, 3.8) is 0 Å². The standard InChI is InChI=1S/C25H22F6N6O/c1-36-11-4-12-37(22(38)32-18-8-3-6-16(14-18)23(34-35-23)25(29,30)31)21-20(36)10-9-19(33-21)15-5-2-7-17(13-15)24(26,27)28/h2-3,5-10,13-14,34-35H,4,11-12H2,1H3,(H,32,38). The van der Waals surface area contributed by atoms with Gasteiger partial charge in [-0.2, -0.15) is 26.3 Å². The largest absolute Gasteiger partial charge is 0.426 e. The molecule has 0 bridgehead atoms. The van der Waals surface area contributed by atoms with E-state index in [0.29, 0.717) is 18.7 Å². The number of alkyl halides is 6. The Labute approximate surface area is 213 Å². The summed E-state index contributed by atoms with van der Waals surface area (Å²) < 4.78 is 80.2. The van der Waals surface area contributed by atoms with Gasteiger partial charge in [0.25, 0.3) is 0 Å². The second kappa shape index (κ2) is 9.17. The first-order chi connectivity index (χ1) is 17.9. The van der Waals surface area contributed by atoms with Gasteiger partial charge in [-0.3, -0.25) is 4.90 Å². The van der Waals surface area contributed by atoms with E-state index in [1.165, 1.54) is 41.3 Å². The van der Waals surface area contributed by atoms with E-state index >= 15 is 0 Å². The third-order valence-corrected chi connectivity index (χ3v) is 6.47. The first kappa shape index (κ1) is 25.8. The molecular formula is C25H22F6N6O. The molecule has 0 saturated carbocycles. The van der Waals surface area contributed by atoms with Gasteiger partial charge in [0.05, 0.1) is 16.9 Å². The van der Waals surface area contributed by atoms with Gasteiger partial charge in [0.15, 0.2) is 5.82 Å². The van der Waals surface area contributed by atoms with E-state index in [-0.39, 0.29) is 34.9 Å². The van der Waals surface area contributed by atoms with Crippen molar-refractivity contribution >= 4 is 23.2 Å². The van der Waals surface area contributed by atoms with Gasteiger partial charge >= 0.3 is 18.4 Å². The fourth-order valence-corrected chi connectivity index (χ4v) is 4.38. The maximum Gasteiger partial charge on any atom is 0.426 e. The Bertz CT molecular complexity index is 1370. The summed E-state index contributed by atoms with van der Waals surface area (Å²) in [4.78, 5) is 21.1. The number of hydrogen-bond acceptors (Lipinski definition) is 5. The number of benzene rings is 2. The summed E-state index contributed by atoms with van der Waals surface area (Å²) in [6.07, 6.45) is -8.57. The van der Waals surface area contributed by atoms with Crippen LogP contribution in [-0.2, 0) is 11.8 Å². The second-order valence-electron chi connectivity index (χ2n) is 9.05. The average Bonchev–Trinajstić information content (AvgIpc) is 3.69. The number of fused-ring (bicyclic) bond motifs is 1. The summed E-state index contributed by atoms with van der Waals surface area (Å²) in [7, 11) is 1.81. The Morgan fingerprint density at radius 2 is 1.71 bits per heavy atom. The van der Waals surface area contributed by atoms with Gasteiger partial charge in [-0.1, -0.05) is 24.3 Å². The second-order valence-corrected chi connectivity index (χ2v) is 9.05. The van der Waals surface area contributed by atoms with Crippen molar-refractivity contribution in [1.82, 2.24) is 15.8 Å². The van der Waals surface area contributed by atoms with Crippen molar-refractivity contribution in [2.24, 2.45) is 0 Å². The summed E-state index contributed by atoms with van der Waals surface area (Å²) in [5, 5.41) is 2.63. The molecule has 1 fully saturated rings. The molecule has 2 amide bonds. The maximum absolute atomic E-state index is 13.5. The number of amides is 2. The van der Waals surface area contributed by atoms with Gasteiger partial charge in [0, 0.05) is 37.0 Å². The number of pyridine rings is 1. The number of hydrazine groups is 1. The Kier molecular flexibility index (Phi) is 6.22. The molecule has 5 rings (SSSR count). The lowest BCUT2D eigenvalue weighted by molar-refractivity contribution is -0.165. The Morgan fingerprint density at radius 1 is 0.974 bits per heavy atom. The van der Waals surface area contributed by atoms with Gasteiger partial charge in [-0.15, -0.1) is 0 Å². The van der Waals surface area contributed by atoms with Gasteiger partial charge < -0.3 is 10.2 Å². The molecule has 3 heterocycles. The van der Waals surface area contributed by atoms with Crippen LogP contribution in [0, 0.1) is 0 Å². The van der Waals surface area contributed by atoms with E-state index in [4.69, 9.17) is 0 Å². The smallest absolute Gasteiger partial charge is 0.372 e. The summed E-state index contributed by atoms with van der Waals surface area (Å²) in [6.45, 7) is 0.819. The first-order valence-corrected chi connectivity index (χ1v) is 11.6. The molecule has 2 aliphatic rings. The van der Waals surface area contributed by atoms with Crippen molar-refractivity contribution in [3.8, 4) is 11.3 Å². The zero-order valence-electron chi connectivity index (χ0n) is 19.9. The number of anilines is 3. The fraction of sp³-hybridized carbons (Fsp3) is 0.280. The Balaban J connectivity index is 1.46. The van der Waals surface area contributed by atoms with Crippen molar-refractivity contribution < 1.29 is 31.1 Å². The highest BCUT2D eigenvalue weighted by Gasteiger charge is 2.65. The Hall–Kier alpha value is -3.84. The number of nitrogens with zero attached hydrogens (tertiary/aromatic N) is 3. The monoisotopic (exact) mass is 536 g/mol. The number of aromatic nitrogens is 1. The molecule has 3 aromatic rings. The summed E-state index contributed by atoms with van der Waals surface area (Å²) in [6, 6.07) is 12.7. The predicted molar refractivity (Wildman–Crippen MR) is 129 cm³/mol. The van der Waals surface area contributed by atoms with Crippen LogP contribution in [0.5, 0.6) is 0 Å². The van der Waals surface area contributed by atoms with E-state index < -0.39 is 29.6 Å². The van der Waals surface area contributed by atoms with Gasteiger partial charge in [0.2, 0.25) is 5.66 Å². The van der Waals surface area contributed by atoms with E-state index in [1.54, 1.807) is 12.1 Å². The van der Waals surface area contributed by atoms with Crippen LogP contribution in [0.15, 0.2) is 60.7 Å². The quantitative estimate of drug-likeness (QED) is 0.305. The molecule has 1 aromatic heterocycles. The normalized spacial score (nSPS) is 17.0. The molecule has 0 aliphatic carbocycles. The molecule has 1 saturated heterocycles. The molecule has 38 heavy (non-hydrogen) atoms. The molecule has 200 valence electrons. The zero-order chi connectivity index (χ0) is 27.3. The lowest BCUT2D eigenvalue weighted by atomic mass is 10.0. The van der Waals surface area contributed by atoms with E-state index in [2.05, 4.69) is 21.2 Å². The molecule has 7 nitrogen and oxygen atoms in total. The van der Waals surface area contributed by atoms with E-state index in [1.807, 2.05) is 11.9 Å². The SMILES string of the molecule is CN1CCCN(C(=O)Nc2cccc(C3(C(F)(F)F)NN3)c2)c2nc(-c3cccc(C(F)(F)F)c3)ccc21. The van der Waals surface area contributed by atoms with Crippen LogP contribution in [0.3, 0.4) is 0 Å². The van der Waals surface area contributed by atoms with Crippen molar-refractivity contribution in [2.45, 2.75) is 24.4 Å². The molecular weight excluding hydrogens is 514 g/mol. The summed E-state index contributed by atoms with van der Waals surface area (Å²) >= 11 is 0. The third kappa shape index (κ3) is 4.74. The van der Waals surface area contributed by atoms with Gasteiger partial charge in [0.1, 0.15) is 0 Å². The number of nitrogens with one attached hydrogen (secondary N) is 3. The van der Waals surface area contributed by atoms with Gasteiger partial charge in [-0.05, 0) is 42.8 Å². The van der Waals surface area contributed by atoms with Crippen molar-refractivity contribution in [3.05, 3.63) is 71.8 Å². The number of hydrogen-bond donors (Lipinski definition) is 3. The minimum atomic E-state index is -4.60. The third-order valence-electron chi connectivity index (χ3n) is 6.47. The predicted octanol–water partition coefficient (Wildman–Crippen LogP) is 5.47. The molecule has 0 spiro atoms. The van der Waals surface area contributed by atoms with Crippen LogP contribution >= 0.6 is 0 Å². The van der Waals surface area contributed by atoms with Crippen LogP contribution in [-0.4, -0.2) is 37.3 Å². The summed E-state index contributed by atoms with van der Waals surface area (Å²) in [5.41, 5.74) is 2.11. The molecule has 3 N–H and O–H groups in total. The lowest BCUT2D eigenvalue weighted by Crippen LogP contribution is -2.37. The Morgan fingerprint density at radius 3 is 2.39 bits per heavy atom. The van der Waals surface area contributed by atoms with Crippen LogP contribution < -0.4 is 26.0 Å². The zero-order valence-corrected chi connectivity index (χ0v) is 19.9. The molecule has 0 atom stereocenters. The fourth-order valence-electron chi connectivity index (χ4n) is 4.38. The van der Waals surface area contributed by atoms with Crippen molar-refractivity contribution in [1.29, 1.82) is 0 Å². The lowest BCUT2D eigenvalue weighted by Gasteiger charge is -2.24. The minimum absolute atomic E-state index is 0.122. The number of carbonyl (C=O) groups is 1. The number of halogens is 6. The highest BCUT2D eigenvalue weighted by Crippen LogP contribution is 2.43. The van der Waals surface area contributed by atoms with Crippen LogP contribution in [0.2, 0.25) is 0 Å². The summed E-state index contributed by atoms with van der Waals surface area (Å²) in [5.74, 6) is 0.228. The van der Waals surface area contributed by atoms with Crippen LogP contribution in [0.1, 0.15) is 17.5 Å². The van der Waals surface area contributed by atoms with E-state index in [0.717, 1.165) is 12.1 Å². The molecule has 0 unspecified atom stereocenters.